The molecule has 0 spiro atoms. The van der Waals surface area contributed by atoms with Crippen LogP contribution in [0.25, 0.3) is 0 Å². The van der Waals surface area contributed by atoms with Gasteiger partial charge in [0.05, 0.1) is 19.0 Å². The third kappa shape index (κ3) is 0.718. The highest BCUT2D eigenvalue weighted by atomic mass is 15.3. The summed E-state index contributed by atoms with van der Waals surface area (Å²) in [6, 6.07) is 0. The SMILES string of the molecule is CN1C=NCC1N. The minimum Gasteiger partial charge on any atom is -0.349 e. The number of nitrogens with two attached hydrogens (primary N) is 1. The summed E-state index contributed by atoms with van der Waals surface area (Å²) in [5.41, 5.74) is 5.48. The lowest BCUT2D eigenvalue weighted by Gasteiger charge is -2.11. The van der Waals surface area contributed by atoms with Crippen molar-refractivity contribution < 1.29 is 0 Å². The number of nitrogens with zero attached hydrogens (tertiary/aromatic N) is 2. The van der Waals surface area contributed by atoms with Crippen LogP contribution in [0.1, 0.15) is 0 Å². The quantitative estimate of drug-likeness (QED) is 0.434. The first-order chi connectivity index (χ1) is 3.30. The van der Waals surface area contributed by atoms with Gasteiger partial charge in [-0.3, -0.25) is 4.99 Å². The number of rotatable bonds is 0. The second-order valence-electron chi connectivity index (χ2n) is 1.71. The Bertz CT molecular complexity index is 88.9. The Morgan fingerprint density at radius 3 is 2.86 bits per heavy atom. The van der Waals surface area contributed by atoms with Crippen molar-refractivity contribution in [3.05, 3.63) is 0 Å². The van der Waals surface area contributed by atoms with E-state index >= 15 is 0 Å². The maximum absolute atomic E-state index is 5.48. The van der Waals surface area contributed by atoms with E-state index in [-0.39, 0.29) is 6.17 Å². The molecule has 7 heavy (non-hydrogen) atoms. The van der Waals surface area contributed by atoms with Crippen LogP contribution in [0.5, 0.6) is 0 Å². The fourth-order valence-electron chi connectivity index (χ4n) is 0.498. The molecule has 3 nitrogen and oxygen atoms in total. The summed E-state index contributed by atoms with van der Waals surface area (Å²) in [4.78, 5) is 5.81. The minimum atomic E-state index is 0.125. The van der Waals surface area contributed by atoms with Crippen LogP contribution < -0.4 is 5.73 Å². The van der Waals surface area contributed by atoms with Crippen LogP contribution in [0.4, 0.5) is 0 Å². The fraction of sp³-hybridized carbons (Fsp3) is 0.750. The predicted octanol–water partition coefficient (Wildman–Crippen LogP) is -0.755. The van der Waals surface area contributed by atoms with Crippen LogP contribution in [0.3, 0.4) is 0 Å². The summed E-state index contributed by atoms with van der Waals surface area (Å²) in [5.74, 6) is 0. The van der Waals surface area contributed by atoms with E-state index in [4.69, 9.17) is 5.73 Å². The Kier molecular flexibility index (Phi) is 0.982. The van der Waals surface area contributed by atoms with E-state index in [1.54, 1.807) is 6.34 Å². The Hall–Kier alpha value is -0.570. The van der Waals surface area contributed by atoms with Gasteiger partial charge in [0.1, 0.15) is 0 Å². The van der Waals surface area contributed by atoms with Crippen LogP contribution in [0.2, 0.25) is 0 Å². The summed E-state index contributed by atoms with van der Waals surface area (Å²) in [7, 11) is 1.92. The molecular weight excluding hydrogens is 90.1 g/mol. The average Bonchev–Trinajstić information content (AvgIpc) is 1.91. The van der Waals surface area contributed by atoms with Gasteiger partial charge in [0.15, 0.2) is 0 Å². The van der Waals surface area contributed by atoms with Gasteiger partial charge < -0.3 is 10.6 Å². The number of likely N-dealkylation sites (N-methyl/N-ethyl adjacent to an activating group) is 1. The molecule has 1 aliphatic heterocycles. The van der Waals surface area contributed by atoms with E-state index in [9.17, 15) is 0 Å². The molecular formula is C4H9N3. The molecule has 1 atom stereocenters. The molecule has 0 aliphatic carbocycles. The van der Waals surface area contributed by atoms with Gasteiger partial charge in [-0.05, 0) is 0 Å². The van der Waals surface area contributed by atoms with Crippen molar-refractivity contribution in [3.63, 3.8) is 0 Å². The van der Waals surface area contributed by atoms with Gasteiger partial charge in [-0.25, -0.2) is 0 Å². The first kappa shape index (κ1) is 4.59. The zero-order chi connectivity index (χ0) is 5.28. The molecule has 0 amide bonds. The van der Waals surface area contributed by atoms with Crippen LogP contribution in [-0.2, 0) is 0 Å². The molecule has 0 saturated carbocycles. The molecule has 0 fully saturated rings. The Morgan fingerprint density at radius 1 is 2.00 bits per heavy atom. The maximum atomic E-state index is 5.48. The van der Waals surface area contributed by atoms with E-state index in [2.05, 4.69) is 4.99 Å². The number of aliphatic imine (C=N–C) groups is 1. The van der Waals surface area contributed by atoms with Crippen molar-refractivity contribution in [1.82, 2.24) is 4.90 Å². The second kappa shape index (κ2) is 1.50. The Labute approximate surface area is 42.8 Å². The van der Waals surface area contributed by atoms with E-state index in [1.807, 2.05) is 11.9 Å². The maximum Gasteiger partial charge on any atom is 0.0974 e. The highest BCUT2D eigenvalue weighted by Crippen LogP contribution is 1.92. The van der Waals surface area contributed by atoms with E-state index in [0.717, 1.165) is 6.54 Å². The molecule has 1 aliphatic rings. The molecule has 0 aromatic heterocycles. The van der Waals surface area contributed by atoms with E-state index in [1.165, 1.54) is 0 Å². The predicted molar refractivity (Wildman–Crippen MR) is 29.1 cm³/mol. The van der Waals surface area contributed by atoms with Crippen LogP contribution in [0, 0.1) is 0 Å². The molecule has 1 heterocycles. The number of hydrogen-bond acceptors (Lipinski definition) is 3. The molecule has 3 heteroatoms. The van der Waals surface area contributed by atoms with Crippen molar-refractivity contribution in [2.24, 2.45) is 10.7 Å². The summed E-state index contributed by atoms with van der Waals surface area (Å²) >= 11 is 0. The van der Waals surface area contributed by atoms with Gasteiger partial charge in [-0.1, -0.05) is 0 Å². The van der Waals surface area contributed by atoms with Gasteiger partial charge in [-0.15, -0.1) is 0 Å². The lowest BCUT2D eigenvalue weighted by Crippen LogP contribution is -2.35. The molecule has 0 aromatic carbocycles. The molecule has 0 aromatic rings. The van der Waals surface area contributed by atoms with Crippen molar-refractivity contribution >= 4 is 6.34 Å². The number of hydrogen-bond donors (Lipinski definition) is 1. The monoisotopic (exact) mass is 99.1 g/mol. The fourth-order valence-corrected chi connectivity index (χ4v) is 0.498. The van der Waals surface area contributed by atoms with E-state index < -0.39 is 0 Å². The van der Waals surface area contributed by atoms with Crippen molar-refractivity contribution in [1.29, 1.82) is 0 Å². The first-order valence-corrected chi connectivity index (χ1v) is 2.28. The highest BCUT2D eigenvalue weighted by Gasteiger charge is 2.08. The summed E-state index contributed by atoms with van der Waals surface area (Å²) < 4.78 is 0. The lowest BCUT2D eigenvalue weighted by atomic mass is 10.5. The Morgan fingerprint density at radius 2 is 2.71 bits per heavy atom. The third-order valence-electron chi connectivity index (χ3n) is 1.08. The van der Waals surface area contributed by atoms with Crippen molar-refractivity contribution in [2.75, 3.05) is 13.6 Å². The van der Waals surface area contributed by atoms with Gasteiger partial charge in [0, 0.05) is 7.05 Å². The summed E-state index contributed by atoms with van der Waals surface area (Å²) in [6.07, 6.45) is 1.88. The second-order valence-corrected chi connectivity index (χ2v) is 1.71. The minimum absolute atomic E-state index is 0.125. The van der Waals surface area contributed by atoms with E-state index in [0.29, 0.717) is 0 Å². The lowest BCUT2D eigenvalue weighted by molar-refractivity contribution is 0.423. The molecule has 1 rings (SSSR count). The molecule has 2 N–H and O–H groups in total. The highest BCUT2D eigenvalue weighted by molar-refractivity contribution is 5.57. The summed E-state index contributed by atoms with van der Waals surface area (Å²) in [6.45, 7) is 0.747. The van der Waals surface area contributed by atoms with Gasteiger partial charge in [0.2, 0.25) is 0 Å². The smallest absolute Gasteiger partial charge is 0.0974 e. The summed E-state index contributed by atoms with van der Waals surface area (Å²) in [5, 5.41) is 0. The molecule has 0 bridgehead atoms. The normalized spacial score (nSPS) is 29.4. The third-order valence-corrected chi connectivity index (χ3v) is 1.08. The topological polar surface area (TPSA) is 41.6 Å². The van der Waals surface area contributed by atoms with Crippen molar-refractivity contribution in [3.8, 4) is 0 Å². The molecule has 1 unspecified atom stereocenters. The van der Waals surface area contributed by atoms with Gasteiger partial charge >= 0.3 is 0 Å². The van der Waals surface area contributed by atoms with Crippen LogP contribution in [0.15, 0.2) is 4.99 Å². The average molecular weight is 99.1 g/mol. The van der Waals surface area contributed by atoms with Gasteiger partial charge in [-0.2, -0.15) is 0 Å². The Balaban J connectivity index is 2.45. The standard InChI is InChI=1S/C4H9N3/c1-7-3-6-2-4(7)5/h3-4H,2,5H2,1H3. The zero-order valence-corrected chi connectivity index (χ0v) is 4.33. The molecule has 0 saturated heterocycles. The van der Waals surface area contributed by atoms with Crippen molar-refractivity contribution in [2.45, 2.75) is 6.17 Å². The first-order valence-electron chi connectivity index (χ1n) is 2.28. The van der Waals surface area contributed by atoms with Gasteiger partial charge in [0.25, 0.3) is 0 Å². The zero-order valence-electron chi connectivity index (χ0n) is 4.33. The molecule has 40 valence electrons. The largest absolute Gasteiger partial charge is 0.349 e. The molecule has 0 radical (unpaired) electrons. The van der Waals surface area contributed by atoms with Crippen LogP contribution >= 0.6 is 0 Å². The van der Waals surface area contributed by atoms with Crippen LogP contribution in [-0.4, -0.2) is 31.0 Å².